The minimum absolute atomic E-state index is 0.587. The molecule has 0 atom stereocenters. The molecule has 11 rings (SSSR count). The lowest BCUT2D eigenvalue weighted by Gasteiger charge is -2.09. The van der Waals surface area contributed by atoms with Crippen molar-refractivity contribution in [3.63, 3.8) is 0 Å². The number of furan rings is 1. The number of rotatable bonds is 6. The molecular formula is C51H31N3OS. The van der Waals surface area contributed by atoms with E-state index >= 15 is 0 Å². The highest BCUT2D eigenvalue weighted by atomic mass is 32.1. The first-order valence-electron chi connectivity index (χ1n) is 18.7. The lowest BCUT2D eigenvalue weighted by Crippen LogP contribution is -2.00. The third-order valence-corrected chi connectivity index (χ3v) is 11.7. The smallest absolute Gasteiger partial charge is 0.164 e. The molecule has 0 aliphatic heterocycles. The first-order chi connectivity index (χ1) is 27.7. The number of fused-ring (bicyclic) bond motifs is 6. The fourth-order valence-electron chi connectivity index (χ4n) is 7.79. The molecule has 0 bridgehead atoms. The van der Waals surface area contributed by atoms with Crippen LogP contribution in [0.2, 0.25) is 0 Å². The Morgan fingerprint density at radius 3 is 1.66 bits per heavy atom. The van der Waals surface area contributed by atoms with Gasteiger partial charge in [-0.15, -0.1) is 11.3 Å². The van der Waals surface area contributed by atoms with E-state index in [1.165, 1.54) is 36.9 Å². The third kappa shape index (κ3) is 5.56. The van der Waals surface area contributed by atoms with Crippen LogP contribution in [0.25, 0.3) is 110 Å². The summed E-state index contributed by atoms with van der Waals surface area (Å²) in [6.45, 7) is 0. The summed E-state index contributed by atoms with van der Waals surface area (Å²) >= 11 is 1.84. The predicted octanol–water partition coefficient (Wildman–Crippen LogP) is 14.1. The second kappa shape index (κ2) is 13.3. The van der Waals surface area contributed by atoms with Crippen molar-refractivity contribution in [3.05, 3.63) is 188 Å². The van der Waals surface area contributed by atoms with Gasteiger partial charge in [0.25, 0.3) is 0 Å². The Kier molecular flexibility index (Phi) is 7.64. The van der Waals surface area contributed by atoms with Gasteiger partial charge in [0.05, 0.1) is 0 Å². The van der Waals surface area contributed by atoms with E-state index in [1.807, 2.05) is 47.7 Å². The molecule has 3 heterocycles. The quantitative estimate of drug-likeness (QED) is 0.171. The summed E-state index contributed by atoms with van der Waals surface area (Å²) in [4.78, 5) is 15.1. The molecule has 0 radical (unpaired) electrons. The van der Waals surface area contributed by atoms with Gasteiger partial charge in [0.2, 0.25) is 0 Å². The Morgan fingerprint density at radius 1 is 0.339 bits per heavy atom. The van der Waals surface area contributed by atoms with Crippen molar-refractivity contribution < 1.29 is 4.42 Å². The van der Waals surface area contributed by atoms with E-state index in [4.69, 9.17) is 19.4 Å². The summed E-state index contributed by atoms with van der Waals surface area (Å²) in [7, 11) is 0. The fraction of sp³-hybridized carbons (Fsp3) is 0. The maximum absolute atomic E-state index is 6.90. The molecule has 0 unspecified atom stereocenters. The molecule has 0 saturated carbocycles. The van der Waals surface area contributed by atoms with Crippen LogP contribution in [0.5, 0.6) is 0 Å². The Balaban J connectivity index is 1.08. The van der Waals surface area contributed by atoms with Crippen LogP contribution in [0.1, 0.15) is 0 Å². The molecule has 11 aromatic rings. The zero-order chi connectivity index (χ0) is 37.0. The highest BCUT2D eigenvalue weighted by Gasteiger charge is 2.20. The maximum atomic E-state index is 6.90. The lowest BCUT2D eigenvalue weighted by atomic mass is 9.95. The monoisotopic (exact) mass is 733 g/mol. The van der Waals surface area contributed by atoms with Gasteiger partial charge in [-0.1, -0.05) is 152 Å². The van der Waals surface area contributed by atoms with E-state index in [1.54, 1.807) is 0 Å². The van der Waals surface area contributed by atoms with Crippen LogP contribution in [-0.4, -0.2) is 15.0 Å². The van der Waals surface area contributed by atoms with Crippen molar-refractivity contribution in [1.29, 1.82) is 0 Å². The van der Waals surface area contributed by atoms with Crippen LogP contribution in [0.15, 0.2) is 192 Å². The van der Waals surface area contributed by atoms with Crippen LogP contribution in [0.3, 0.4) is 0 Å². The summed E-state index contributed by atoms with van der Waals surface area (Å²) < 4.78 is 9.42. The van der Waals surface area contributed by atoms with E-state index < -0.39 is 0 Å². The van der Waals surface area contributed by atoms with Gasteiger partial charge in [0, 0.05) is 58.8 Å². The van der Waals surface area contributed by atoms with Gasteiger partial charge in [0.15, 0.2) is 17.5 Å². The average Bonchev–Trinajstić information content (AvgIpc) is 3.85. The van der Waals surface area contributed by atoms with Crippen LogP contribution >= 0.6 is 11.3 Å². The summed E-state index contributed by atoms with van der Waals surface area (Å²) in [6, 6.07) is 65.6. The molecule has 262 valence electrons. The molecule has 56 heavy (non-hydrogen) atoms. The van der Waals surface area contributed by atoms with Gasteiger partial charge < -0.3 is 4.42 Å². The highest BCUT2D eigenvalue weighted by Crippen LogP contribution is 2.46. The van der Waals surface area contributed by atoms with Gasteiger partial charge in [-0.3, -0.25) is 0 Å². The zero-order valence-corrected chi connectivity index (χ0v) is 30.9. The second-order valence-corrected chi connectivity index (χ2v) is 15.0. The van der Waals surface area contributed by atoms with Crippen LogP contribution < -0.4 is 0 Å². The first-order valence-corrected chi connectivity index (χ1v) is 19.5. The second-order valence-electron chi connectivity index (χ2n) is 14.0. The van der Waals surface area contributed by atoms with Crippen molar-refractivity contribution in [2.45, 2.75) is 0 Å². The van der Waals surface area contributed by atoms with Gasteiger partial charge >= 0.3 is 0 Å². The minimum atomic E-state index is 0.587. The van der Waals surface area contributed by atoms with Crippen LogP contribution in [0.4, 0.5) is 0 Å². The molecular weight excluding hydrogens is 703 g/mol. The average molecular weight is 734 g/mol. The summed E-state index contributed by atoms with van der Waals surface area (Å²) in [5, 5.41) is 4.64. The van der Waals surface area contributed by atoms with E-state index in [-0.39, 0.29) is 0 Å². The van der Waals surface area contributed by atoms with E-state index in [9.17, 15) is 0 Å². The van der Waals surface area contributed by atoms with Crippen molar-refractivity contribution in [2.24, 2.45) is 0 Å². The predicted molar refractivity (Wildman–Crippen MR) is 233 cm³/mol. The Labute approximate surface area is 327 Å². The standard InChI is InChI=1S/C51H31N3OS/c1-4-14-32(15-5-1)35-20-12-21-36(28-35)50-52-49(34-18-8-3-9-19-34)53-51(54-50)37-26-27-39-41-23-13-24-42(47(41)55-45(39)31-37)44-30-38(33-16-6-2-7-17-33)29-43-40-22-10-11-25-46(40)56-48(43)44/h1-31H. The van der Waals surface area contributed by atoms with Gasteiger partial charge in [0.1, 0.15) is 11.2 Å². The van der Waals surface area contributed by atoms with Gasteiger partial charge in [-0.05, 0) is 58.7 Å². The Morgan fingerprint density at radius 2 is 0.911 bits per heavy atom. The Bertz CT molecular complexity index is 3240. The summed E-state index contributed by atoms with van der Waals surface area (Å²) in [6.07, 6.45) is 0. The van der Waals surface area contributed by atoms with Crippen molar-refractivity contribution in [1.82, 2.24) is 15.0 Å². The molecule has 0 aliphatic rings. The van der Waals surface area contributed by atoms with Crippen molar-refractivity contribution in [3.8, 4) is 67.5 Å². The SMILES string of the molecule is c1ccc(-c2cccc(-c3nc(-c4ccccc4)nc(-c4ccc5c(c4)oc4c(-c6cc(-c7ccccc7)cc7c6sc6ccccc67)cccc45)n3)c2)cc1. The number of para-hydroxylation sites is 1. The molecule has 0 amide bonds. The molecule has 0 spiro atoms. The molecule has 0 N–H and O–H groups in total. The zero-order valence-electron chi connectivity index (χ0n) is 30.1. The van der Waals surface area contributed by atoms with E-state index in [0.717, 1.165) is 55.3 Å². The van der Waals surface area contributed by atoms with Crippen LogP contribution in [-0.2, 0) is 0 Å². The van der Waals surface area contributed by atoms with E-state index in [0.29, 0.717) is 17.5 Å². The summed E-state index contributed by atoms with van der Waals surface area (Å²) in [5.74, 6) is 1.82. The number of nitrogens with zero attached hydrogens (tertiary/aromatic N) is 3. The van der Waals surface area contributed by atoms with Gasteiger partial charge in [-0.2, -0.15) is 0 Å². The minimum Gasteiger partial charge on any atom is -0.455 e. The molecule has 0 saturated heterocycles. The number of hydrogen-bond donors (Lipinski definition) is 0. The molecule has 4 nitrogen and oxygen atoms in total. The third-order valence-electron chi connectivity index (χ3n) is 10.5. The van der Waals surface area contributed by atoms with Crippen molar-refractivity contribution >= 4 is 53.4 Å². The first kappa shape index (κ1) is 32.2. The number of benzene rings is 8. The highest BCUT2D eigenvalue weighted by molar-refractivity contribution is 7.26. The molecule has 0 aliphatic carbocycles. The molecule has 0 fully saturated rings. The van der Waals surface area contributed by atoms with Crippen LogP contribution in [0, 0.1) is 0 Å². The lowest BCUT2D eigenvalue weighted by molar-refractivity contribution is 0.670. The number of aromatic nitrogens is 3. The largest absolute Gasteiger partial charge is 0.455 e. The molecule has 5 heteroatoms. The summed E-state index contributed by atoms with van der Waals surface area (Å²) in [5.41, 5.74) is 11.2. The number of thiophene rings is 1. The maximum Gasteiger partial charge on any atom is 0.164 e. The Hall–Kier alpha value is -7.21. The van der Waals surface area contributed by atoms with E-state index in [2.05, 4.69) is 152 Å². The molecule has 3 aromatic heterocycles. The van der Waals surface area contributed by atoms with Gasteiger partial charge in [-0.25, -0.2) is 15.0 Å². The molecule has 8 aromatic carbocycles. The fourth-order valence-corrected chi connectivity index (χ4v) is 9.00. The normalized spacial score (nSPS) is 11.6. The topological polar surface area (TPSA) is 51.8 Å². The number of hydrogen-bond acceptors (Lipinski definition) is 5. The van der Waals surface area contributed by atoms with Crippen molar-refractivity contribution in [2.75, 3.05) is 0 Å².